The first kappa shape index (κ1) is 14.7. The summed E-state index contributed by atoms with van der Waals surface area (Å²) in [6, 6.07) is 6.56. The molecule has 0 bridgehead atoms. The Kier molecular flexibility index (Phi) is 5.26. The Morgan fingerprint density at radius 3 is 2.60 bits per heavy atom. The zero-order valence-electron chi connectivity index (χ0n) is 10.8. The van der Waals surface area contributed by atoms with Gasteiger partial charge in [-0.05, 0) is 18.1 Å². The summed E-state index contributed by atoms with van der Waals surface area (Å²) in [5.74, 6) is 0.0567. The van der Waals surface area contributed by atoms with E-state index in [2.05, 4.69) is 15.3 Å². The molecule has 2 rings (SSSR count). The predicted octanol–water partition coefficient (Wildman–Crippen LogP) is 2.53. The third-order valence-corrected chi connectivity index (χ3v) is 3.09. The topological polar surface area (TPSA) is 58.0 Å². The molecule has 20 heavy (non-hydrogen) atoms. The average Bonchev–Trinajstić information content (AvgIpc) is 2.47. The molecular formula is C14H15ClFN3O. The van der Waals surface area contributed by atoms with Gasteiger partial charge in [-0.1, -0.05) is 29.8 Å². The number of aromatic nitrogens is 2. The number of nitrogens with zero attached hydrogens (tertiary/aromatic N) is 2. The maximum atomic E-state index is 13.6. The SMILES string of the molecule is OC[C@H](CNc1ncc(Cl)cn1)Cc1ccccc1F. The van der Waals surface area contributed by atoms with Gasteiger partial charge in [0.15, 0.2) is 0 Å². The maximum absolute atomic E-state index is 13.6. The van der Waals surface area contributed by atoms with Gasteiger partial charge in [0, 0.05) is 19.1 Å². The van der Waals surface area contributed by atoms with Crippen molar-refractivity contribution in [3.8, 4) is 0 Å². The molecule has 0 unspecified atom stereocenters. The zero-order valence-corrected chi connectivity index (χ0v) is 11.5. The number of benzene rings is 1. The van der Waals surface area contributed by atoms with Crippen molar-refractivity contribution in [1.29, 1.82) is 0 Å². The lowest BCUT2D eigenvalue weighted by Crippen LogP contribution is -2.21. The Morgan fingerprint density at radius 2 is 1.95 bits per heavy atom. The van der Waals surface area contributed by atoms with E-state index in [-0.39, 0.29) is 18.3 Å². The molecule has 0 radical (unpaired) electrons. The van der Waals surface area contributed by atoms with Crippen molar-refractivity contribution in [3.63, 3.8) is 0 Å². The van der Waals surface area contributed by atoms with Crippen molar-refractivity contribution in [1.82, 2.24) is 9.97 Å². The van der Waals surface area contributed by atoms with E-state index >= 15 is 0 Å². The van der Waals surface area contributed by atoms with Crippen LogP contribution < -0.4 is 5.32 Å². The van der Waals surface area contributed by atoms with E-state index in [1.807, 2.05) is 0 Å². The summed E-state index contributed by atoms with van der Waals surface area (Å²) < 4.78 is 13.6. The zero-order chi connectivity index (χ0) is 14.4. The minimum atomic E-state index is -0.256. The number of aliphatic hydroxyl groups is 1. The van der Waals surface area contributed by atoms with Crippen LogP contribution in [0.4, 0.5) is 10.3 Å². The Bertz CT molecular complexity index is 550. The van der Waals surface area contributed by atoms with E-state index < -0.39 is 0 Å². The summed E-state index contributed by atoms with van der Waals surface area (Å²) in [6.45, 7) is 0.404. The van der Waals surface area contributed by atoms with Gasteiger partial charge >= 0.3 is 0 Å². The highest BCUT2D eigenvalue weighted by molar-refractivity contribution is 6.30. The fraction of sp³-hybridized carbons (Fsp3) is 0.286. The van der Waals surface area contributed by atoms with Gasteiger partial charge in [0.25, 0.3) is 0 Å². The van der Waals surface area contributed by atoms with Crippen LogP contribution in [0.2, 0.25) is 5.02 Å². The van der Waals surface area contributed by atoms with Gasteiger partial charge < -0.3 is 10.4 Å². The summed E-state index contributed by atoms with van der Waals surface area (Å²) in [6.07, 6.45) is 3.42. The Morgan fingerprint density at radius 1 is 1.25 bits per heavy atom. The van der Waals surface area contributed by atoms with Gasteiger partial charge in [0.2, 0.25) is 5.95 Å². The number of hydrogen-bond acceptors (Lipinski definition) is 4. The van der Waals surface area contributed by atoms with Gasteiger partial charge in [0.05, 0.1) is 17.4 Å². The van der Waals surface area contributed by atoms with Gasteiger partial charge in [-0.3, -0.25) is 0 Å². The van der Waals surface area contributed by atoms with E-state index in [9.17, 15) is 9.50 Å². The van der Waals surface area contributed by atoms with E-state index in [4.69, 9.17) is 11.6 Å². The summed E-state index contributed by atoms with van der Waals surface area (Å²) in [7, 11) is 0. The largest absolute Gasteiger partial charge is 0.396 e. The Hall–Kier alpha value is -1.72. The van der Waals surface area contributed by atoms with Crippen LogP contribution in [0.1, 0.15) is 5.56 Å². The van der Waals surface area contributed by atoms with Crippen LogP contribution in [-0.2, 0) is 6.42 Å². The van der Waals surface area contributed by atoms with Crippen molar-refractivity contribution in [3.05, 3.63) is 53.1 Å². The predicted molar refractivity (Wildman–Crippen MR) is 76.2 cm³/mol. The third-order valence-electron chi connectivity index (χ3n) is 2.89. The van der Waals surface area contributed by atoms with Gasteiger partial charge in [-0.2, -0.15) is 0 Å². The van der Waals surface area contributed by atoms with Crippen LogP contribution in [0.3, 0.4) is 0 Å². The summed E-state index contributed by atoms with van der Waals surface area (Å²) in [5.41, 5.74) is 0.588. The fourth-order valence-corrected chi connectivity index (χ4v) is 1.91. The molecule has 1 aromatic heterocycles. The van der Waals surface area contributed by atoms with E-state index in [1.165, 1.54) is 18.5 Å². The fourth-order valence-electron chi connectivity index (χ4n) is 1.82. The lowest BCUT2D eigenvalue weighted by atomic mass is 10.00. The second kappa shape index (κ2) is 7.17. The van der Waals surface area contributed by atoms with Crippen LogP contribution in [-0.4, -0.2) is 28.2 Å². The second-order valence-electron chi connectivity index (χ2n) is 4.45. The van der Waals surface area contributed by atoms with Crippen molar-refractivity contribution < 1.29 is 9.50 Å². The molecule has 0 saturated heterocycles. The van der Waals surface area contributed by atoms with Gasteiger partial charge in [-0.15, -0.1) is 0 Å². The standard InChI is InChI=1S/C14H15ClFN3O/c15-12-7-18-14(19-8-12)17-6-10(9-20)5-11-3-1-2-4-13(11)16/h1-4,7-8,10,20H,5-6,9H2,(H,17,18,19)/t10-/m0/s1. The number of anilines is 1. The molecule has 0 aliphatic heterocycles. The molecule has 106 valence electrons. The molecule has 2 N–H and O–H groups in total. The van der Waals surface area contributed by atoms with Crippen LogP contribution in [0.25, 0.3) is 0 Å². The average molecular weight is 296 g/mol. The van der Waals surface area contributed by atoms with Crippen LogP contribution >= 0.6 is 11.6 Å². The number of rotatable bonds is 6. The summed E-state index contributed by atoms with van der Waals surface area (Å²) in [5, 5.41) is 12.8. The number of halogens is 2. The van der Waals surface area contributed by atoms with E-state index in [0.29, 0.717) is 29.5 Å². The molecule has 6 heteroatoms. The third kappa shape index (κ3) is 4.15. The molecular weight excluding hydrogens is 281 g/mol. The van der Waals surface area contributed by atoms with E-state index in [1.54, 1.807) is 18.2 Å². The molecule has 0 fully saturated rings. The summed E-state index contributed by atoms with van der Waals surface area (Å²) >= 11 is 5.69. The van der Waals surface area contributed by atoms with Gasteiger partial charge in [-0.25, -0.2) is 14.4 Å². The molecule has 0 amide bonds. The van der Waals surface area contributed by atoms with Crippen molar-refractivity contribution >= 4 is 17.5 Å². The second-order valence-corrected chi connectivity index (χ2v) is 4.89. The van der Waals surface area contributed by atoms with Crippen LogP contribution in [0.5, 0.6) is 0 Å². The quantitative estimate of drug-likeness (QED) is 0.860. The molecule has 0 aliphatic rings. The number of aliphatic hydroxyl groups excluding tert-OH is 1. The molecule has 1 heterocycles. The van der Waals surface area contributed by atoms with Gasteiger partial charge in [0.1, 0.15) is 5.82 Å². The molecule has 0 spiro atoms. The normalized spacial score (nSPS) is 12.2. The monoisotopic (exact) mass is 295 g/mol. The van der Waals surface area contributed by atoms with Crippen molar-refractivity contribution in [2.75, 3.05) is 18.5 Å². The number of nitrogens with one attached hydrogen (secondary N) is 1. The Labute approximate surface area is 121 Å². The van der Waals surface area contributed by atoms with Crippen LogP contribution in [0.15, 0.2) is 36.7 Å². The van der Waals surface area contributed by atoms with E-state index in [0.717, 1.165) is 0 Å². The van der Waals surface area contributed by atoms with Crippen LogP contribution in [0, 0.1) is 11.7 Å². The highest BCUT2D eigenvalue weighted by Crippen LogP contribution is 2.13. The minimum Gasteiger partial charge on any atom is -0.396 e. The molecule has 4 nitrogen and oxygen atoms in total. The summed E-state index contributed by atoms with van der Waals surface area (Å²) in [4.78, 5) is 8.00. The minimum absolute atomic E-state index is 0.0467. The maximum Gasteiger partial charge on any atom is 0.222 e. The first-order chi connectivity index (χ1) is 9.69. The highest BCUT2D eigenvalue weighted by Gasteiger charge is 2.12. The molecule has 1 aromatic carbocycles. The molecule has 0 aliphatic carbocycles. The Balaban J connectivity index is 1.92. The highest BCUT2D eigenvalue weighted by atomic mass is 35.5. The first-order valence-corrected chi connectivity index (χ1v) is 6.62. The molecule has 0 saturated carbocycles. The van der Waals surface area contributed by atoms with Crippen molar-refractivity contribution in [2.24, 2.45) is 5.92 Å². The first-order valence-electron chi connectivity index (χ1n) is 6.24. The number of hydrogen-bond donors (Lipinski definition) is 2. The van der Waals surface area contributed by atoms with Crippen molar-refractivity contribution in [2.45, 2.75) is 6.42 Å². The molecule has 2 aromatic rings. The molecule has 1 atom stereocenters. The lowest BCUT2D eigenvalue weighted by molar-refractivity contribution is 0.231. The smallest absolute Gasteiger partial charge is 0.222 e. The lowest BCUT2D eigenvalue weighted by Gasteiger charge is -2.15.